The van der Waals surface area contributed by atoms with Gasteiger partial charge in [-0.15, -0.1) is 0 Å². The summed E-state index contributed by atoms with van der Waals surface area (Å²) in [4.78, 5) is 4.45. The van der Waals surface area contributed by atoms with E-state index in [1.807, 2.05) is 50.2 Å². The molecule has 0 spiro atoms. The normalized spacial score (nSPS) is 13.6. The maximum atomic E-state index is 14.6. The molecule has 0 aliphatic heterocycles. The second-order valence-corrected chi connectivity index (χ2v) is 8.90. The molecule has 4 aromatic rings. The van der Waals surface area contributed by atoms with Crippen LogP contribution >= 0.6 is 11.6 Å². The molecule has 0 saturated heterocycles. The molecule has 8 heteroatoms. The van der Waals surface area contributed by atoms with Crippen LogP contribution in [-0.4, -0.2) is 4.98 Å². The third kappa shape index (κ3) is 5.57. The first kappa shape index (κ1) is 24.9. The molecule has 0 amide bonds. The SMILES string of the molecule is Cc1cc(CNC(Cc2ccccc2)(c2cc(F)cc(C(F)(F)F)c2)c2ccc(Cl)cn2)oc1C. The molecule has 0 aliphatic rings. The number of aromatic nitrogens is 1. The molecule has 182 valence electrons. The van der Waals surface area contributed by atoms with Crippen molar-refractivity contribution >= 4 is 11.6 Å². The average molecular weight is 503 g/mol. The smallest absolute Gasteiger partial charge is 0.416 e. The molecule has 0 fully saturated rings. The standard InChI is InChI=1S/C27H23ClF4N2O/c1-17-10-24(35-18(17)2)16-34-26(14-19-6-4-3-5-7-19,25-9-8-22(28)15-33-25)20-11-21(27(30,31)32)13-23(29)12-20/h3-13,15,34H,14,16H2,1-2H3. The summed E-state index contributed by atoms with van der Waals surface area (Å²) in [5.74, 6) is 0.344. The third-order valence-corrected chi connectivity index (χ3v) is 6.20. The third-order valence-electron chi connectivity index (χ3n) is 5.98. The molecule has 2 aromatic carbocycles. The van der Waals surface area contributed by atoms with Gasteiger partial charge in [0, 0.05) is 12.6 Å². The Morgan fingerprint density at radius 2 is 1.66 bits per heavy atom. The van der Waals surface area contributed by atoms with Crippen molar-refractivity contribution in [3.8, 4) is 0 Å². The Balaban J connectivity index is 1.93. The Morgan fingerprint density at radius 1 is 0.943 bits per heavy atom. The minimum Gasteiger partial charge on any atom is -0.465 e. The van der Waals surface area contributed by atoms with Gasteiger partial charge in [-0.25, -0.2) is 4.39 Å². The van der Waals surface area contributed by atoms with E-state index in [9.17, 15) is 17.6 Å². The fourth-order valence-electron chi connectivity index (χ4n) is 4.10. The number of aryl methyl sites for hydroxylation is 2. The molecule has 0 saturated carbocycles. The molecule has 0 radical (unpaired) electrons. The van der Waals surface area contributed by atoms with Crippen molar-refractivity contribution in [2.75, 3.05) is 0 Å². The van der Waals surface area contributed by atoms with Crippen LogP contribution in [0.1, 0.15) is 39.5 Å². The number of hydrogen-bond acceptors (Lipinski definition) is 3. The van der Waals surface area contributed by atoms with Crippen LogP contribution in [0.5, 0.6) is 0 Å². The van der Waals surface area contributed by atoms with E-state index in [-0.39, 0.29) is 18.5 Å². The van der Waals surface area contributed by atoms with Gasteiger partial charge in [0.05, 0.1) is 28.4 Å². The van der Waals surface area contributed by atoms with E-state index >= 15 is 0 Å². The van der Waals surface area contributed by atoms with Gasteiger partial charge in [-0.05, 0) is 66.9 Å². The Morgan fingerprint density at radius 3 is 2.26 bits per heavy atom. The monoisotopic (exact) mass is 502 g/mol. The highest BCUT2D eigenvalue weighted by Crippen LogP contribution is 2.38. The van der Waals surface area contributed by atoms with Crippen LogP contribution in [0, 0.1) is 19.7 Å². The zero-order chi connectivity index (χ0) is 25.2. The Labute approximate surface area is 205 Å². The number of benzene rings is 2. The average Bonchev–Trinajstić information content (AvgIpc) is 3.14. The Kier molecular flexibility index (Phi) is 7.01. The van der Waals surface area contributed by atoms with Gasteiger partial charge in [0.2, 0.25) is 0 Å². The second-order valence-electron chi connectivity index (χ2n) is 8.46. The zero-order valence-electron chi connectivity index (χ0n) is 19.1. The summed E-state index contributed by atoms with van der Waals surface area (Å²) < 4.78 is 61.5. The van der Waals surface area contributed by atoms with Gasteiger partial charge in [-0.1, -0.05) is 41.9 Å². The lowest BCUT2D eigenvalue weighted by atomic mass is 9.79. The highest BCUT2D eigenvalue weighted by Gasteiger charge is 2.39. The van der Waals surface area contributed by atoms with E-state index in [1.165, 1.54) is 6.20 Å². The maximum absolute atomic E-state index is 14.6. The van der Waals surface area contributed by atoms with E-state index in [1.54, 1.807) is 12.1 Å². The predicted octanol–water partition coefficient (Wildman–Crippen LogP) is 7.38. The fourth-order valence-corrected chi connectivity index (χ4v) is 4.21. The highest BCUT2D eigenvalue weighted by molar-refractivity contribution is 6.30. The molecule has 4 rings (SSSR count). The predicted molar refractivity (Wildman–Crippen MR) is 127 cm³/mol. The molecule has 2 aromatic heterocycles. The highest BCUT2D eigenvalue weighted by atomic mass is 35.5. The van der Waals surface area contributed by atoms with Crippen molar-refractivity contribution in [1.29, 1.82) is 0 Å². The first-order valence-electron chi connectivity index (χ1n) is 10.9. The molecule has 1 N–H and O–H groups in total. The Hall–Kier alpha value is -3.16. The molecule has 3 nitrogen and oxygen atoms in total. The summed E-state index contributed by atoms with van der Waals surface area (Å²) in [6.07, 6.45) is -3.11. The van der Waals surface area contributed by atoms with Crippen LogP contribution in [0.2, 0.25) is 5.02 Å². The number of halogens is 5. The number of pyridine rings is 1. The van der Waals surface area contributed by atoms with Crippen LogP contribution in [-0.2, 0) is 24.7 Å². The molecular formula is C27H23ClF4N2O. The summed E-state index contributed by atoms with van der Waals surface area (Å²) in [6, 6.07) is 16.9. The van der Waals surface area contributed by atoms with Gasteiger partial charge in [0.15, 0.2) is 0 Å². The molecular weight excluding hydrogens is 480 g/mol. The second kappa shape index (κ2) is 9.84. The van der Waals surface area contributed by atoms with Crippen LogP contribution < -0.4 is 5.32 Å². The largest absolute Gasteiger partial charge is 0.465 e. The van der Waals surface area contributed by atoms with Crippen LogP contribution in [0.25, 0.3) is 0 Å². The van der Waals surface area contributed by atoms with Gasteiger partial charge < -0.3 is 4.42 Å². The van der Waals surface area contributed by atoms with E-state index in [0.717, 1.165) is 29.0 Å². The van der Waals surface area contributed by atoms with E-state index < -0.39 is 23.1 Å². The molecule has 1 unspecified atom stereocenters. The molecule has 0 aliphatic carbocycles. The summed E-state index contributed by atoms with van der Waals surface area (Å²) in [5, 5.41) is 3.73. The number of nitrogens with zero attached hydrogens (tertiary/aromatic N) is 1. The van der Waals surface area contributed by atoms with Gasteiger partial charge in [-0.3, -0.25) is 10.3 Å². The molecule has 0 bridgehead atoms. The number of nitrogens with one attached hydrogen (secondary N) is 1. The minimum atomic E-state index is -4.72. The fraction of sp³-hybridized carbons (Fsp3) is 0.222. The number of rotatable bonds is 7. The van der Waals surface area contributed by atoms with E-state index in [4.69, 9.17) is 16.0 Å². The molecule has 2 heterocycles. The summed E-state index contributed by atoms with van der Waals surface area (Å²) in [7, 11) is 0. The van der Waals surface area contributed by atoms with Crippen molar-refractivity contribution in [1.82, 2.24) is 10.3 Å². The first-order chi connectivity index (χ1) is 16.6. The van der Waals surface area contributed by atoms with Gasteiger partial charge >= 0.3 is 6.18 Å². The number of alkyl halides is 3. The number of furan rings is 1. The van der Waals surface area contributed by atoms with E-state index in [0.29, 0.717) is 22.5 Å². The molecule has 35 heavy (non-hydrogen) atoms. The van der Waals surface area contributed by atoms with Crippen molar-refractivity contribution in [2.45, 2.75) is 38.5 Å². The quantitative estimate of drug-likeness (QED) is 0.268. The minimum absolute atomic E-state index is 0.0866. The van der Waals surface area contributed by atoms with Crippen molar-refractivity contribution < 1.29 is 22.0 Å². The van der Waals surface area contributed by atoms with Gasteiger partial charge in [-0.2, -0.15) is 13.2 Å². The summed E-state index contributed by atoms with van der Waals surface area (Å²) in [6.45, 7) is 3.91. The summed E-state index contributed by atoms with van der Waals surface area (Å²) >= 11 is 6.06. The van der Waals surface area contributed by atoms with E-state index in [2.05, 4.69) is 10.3 Å². The van der Waals surface area contributed by atoms with Gasteiger partial charge in [0.25, 0.3) is 0 Å². The topological polar surface area (TPSA) is 38.1 Å². The van der Waals surface area contributed by atoms with Crippen molar-refractivity contribution in [3.05, 3.63) is 123 Å². The number of hydrogen-bond donors (Lipinski definition) is 1. The van der Waals surface area contributed by atoms with Crippen LogP contribution in [0.3, 0.4) is 0 Å². The summed E-state index contributed by atoms with van der Waals surface area (Å²) in [5.41, 5.74) is -0.159. The van der Waals surface area contributed by atoms with Crippen LogP contribution in [0.4, 0.5) is 17.6 Å². The lowest BCUT2D eigenvalue weighted by molar-refractivity contribution is -0.137. The first-order valence-corrected chi connectivity index (χ1v) is 11.3. The van der Waals surface area contributed by atoms with Crippen molar-refractivity contribution in [3.63, 3.8) is 0 Å². The van der Waals surface area contributed by atoms with Crippen molar-refractivity contribution in [2.24, 2.45) is 0 Å². The lowest BCUT2D eigenvalue weighted by Gasteiger charge is -2.36. The maximum Gasteiger partial charge on any atom is 0.416 e. The molecule has 1 atom stereocenters. The Bertz CT molecular complexity index is 1280. The van der Waals surface area contributed by atoms with Gasteiger partial charge in [0.1, 0.15) is 17.3 Å². The lowest BCUT2D eigenvalue weighted by Crippen LogP contribution is -2.46. The zero-order valence-corrected chi connectivity index (χ0v) is 19.8. The van der Waals surface area contributed by atoms with Crippen LogP contribution in [0.15, 0.2) is 77.3 Å².